The standard InChI is InChI=1S/C33H30N2O3/c1-24-23-31(35(27-13-7-4-8-14-27)32(36)22-17-25-11-5-3-6-12-25)29-15-9-10-16-30(29)34(24)33(37)26-18-20-28(38-2)21-19-26/h3-22,24,31H,23H2,1-2H3/b22-17+/t24-,31-/m1/s1. The number of hydrogen-bond acceptors (Lipinski definition) is 3. The highest BCUT2D eigenvalue weighted by molar-refractivity contribution is 6.08. The number of methoxy groups -OCH3 is 1. The van der Waals surface area contributed by atoms with E-state index in [9.17, 15) is 9.59 Å². The molecule has 0 bridgehead atoms. The van der Waals surface area contributed by atoms with Gasteiger partial charge < -0.3 is 14.5 Å². The van der Waals surface area contributed by atoms with Crippen LogP contribution in [0.2, 0.25) is 0 Å². The molecule has 1 aliphatic heterocycles. The minimum atomic E-state index is -0.239. The highest BCUT2D eigenvalue weighted by Crippen LogP contribution is 2.42. The summed E-state index contributed by atoms with van der Waals surface area (Å²) in [6, 6.07) is 34.2. The normalized spacial score (nSPS) is 16.6. The van der Waals surface area contributed by atoms with Crippen molar-refractivity contribution in [1.29, 1.82) is 0 Å². The molecular formula is C33H30N2O3. The lowest BCUT2D eigenvalue weighted by Gasteiger charge is -2.43. The maximum Gasteiger partial charge on any atom is 0.258 e. The quantitative estimate of drug-likeness (QED) is 0.269. The summed E-state index contributed by atoms with van der Waals surface area (Å²) in [6.07, 6.45) is 4.07. The van der Waals surface area contributed by atoms with E-state index in [4.69, 9.17) is 4.74 Å². The Morgan fingerprint density at radius 1 is 0.842 bits per heavy atom. The molecule has 5 heteroatoms. The first kappa shape index (κ1) is 25.0. The molecule has 0 aromatic heterocycles. The van der Waals surface area contributed by atoms with Gasteiger partial charge in [0.2, 0.25) is 0 Å². The van der Waals surface area contributed by atoms with Crippen molar-refractivity contribution in [2.45, 2.75) is 25.4 Å². The van der Waals surface area contributed by atoms with E-state index >= 15 is 0 Å². The van der Waals surface area contributed by atoms with Crippen LogP contribution in [0.15, 0.2) is 115 Å². The smallest absolute Gasteiger partial charge is 0.258 e. The van der Waals surface area contributed by atoms with Gasteiger partial charge >= 0.3 is 0 Å². The number of ether oxygens (including phenoxy) is 1. The highest BCUT2D eigenvalue weighted by atomic mass is 16.5. The third kappa shape index (κ3) is 5.09. The second-order valence-electron chi connectivity index (χ2n) is 9.35. The van der Waals surface area contributed by atoms with Gasteiger partial charge in [-0.05, 0) is 73.0 Å². The molecule has 0 fully saturated rings. The molecule has 190 valence electrons. The summed E-state index contributed by atoms with van der Waals surface area (Å²) in [4.78, 5) is 31.2. The third-order valence-corrected chi connectivity index (χ3v) is 6.92. The molecule has 0 spiro atoms. The predicted octanol–water partition coefficient (Wildman–Crippen LogP) is 6.92. The Bertz CT molecular complexity index is 1430. The van der Waals surface area contributed by atoms with E-state index in [1.165, 1.54) is 0 Å². The number of fused-ring (bicyclic) bond motifs is 1. The van der Waals surface area contributed by atoms with Crippen LogP contribution in [-0.2, 0) is 4.79 Å². The van der Waals surface area contributed by atoms with Crippen molar-refractivity contribution in [3.05, 3.63) is 132 Å². The van der Waals surface area contributed by atoms with Gasteiger partial charge in [0, 0.05) is 29.1 Å². The molecule has 4 aromatic carbocycles. The Morgan fingerprint density at radius 3 is 2.16 bits per heavy atom. The van der Waals surface area contributed by atoms with Gasteiger partial charge in [0.05, 0.1) is 13.2 Å². The number of benzene rings is 4. The van der Waals surface area contributed by atoms with Crippen molar-refractivity contribution in [3.63, 3.8) is 0 Å². The van der Waals surface area contributed by atoms with Crippen molar-refractivity contribution in [1.82, 2.24) is 0 Å². The van der Waals surface area contributed by atoms with E-state index in [2.05, 4.69) is 0 Å². The predicted molar refractivity (Wildman–Crippen MR) is 152 cm³/mol. The van der Waals surface area contributed by atoms with Crippen LogP contribution in [0.4, 0.5) is 11.4 Å². The van der Waals surface area contributed by atoms with Crippen LogP contribution in [-0.4, -0.2) is 25.0 Å². The molecule has 4 aromatic rings. The molecule has 1 aliphatic rings. The molecule has 5 nitrogen and oxygen atoms in total. The van der Waals surface area contributed by atoms with Crippen LogP contribution in [0.1, 0.15) is 40.9 Å². The third-order valence-electron chi connectivity index (χ3n) is 6.92. The van der Waals surface area contributed by atoms with Gasteiger partial charge in [0.15, 0.2) is 0 Å². The van der Waals surface area contributed by atoms with Gasteiger partial charge in [-0.2, -0.15) is 0 Å². The molecule has 0 N–H and O–H groups in total. The van der Waals surface area contributed by atoms with Crippen molar-refractivity contribution in [3.8, 4) is 5.75 Å². The Hall–Kier alpha value is -4.64. The van der Waals surface area contributed by atoms with Gasteiger partial charge in [0.25, 0.3) is 11.8 Å². The number of anilines is 2. The molecular weight excluding hydrogens is 472 g/mol. The monoisotopic (exact) mass is 502 g/mol. The number of hydrogen-bond donors (Lipinski definition) is 0. The average molecular weight is 503 g/mol. The fourth-order valence-corrected chi connectivity index (χ4v) is 5.07. The lowest BCUT2D eigenvalue weighted by atomic mass is 9.89. The molecule has 0 unspecified atom stereocenters. The lowest BCUT2D eigenvalue weighted by molar-refractivity contribution is -0.114. The molecule has 1 heterocycles. The summed E-state index contributed by atoms with van der Waals surface area (Å²) in [6.45, 7) is 2.04. The number of amides is 2. The summed E-state index contributed by atoms with van der Waals surface area (Å²) in [5, 5.41) is 0. The number of carbonyl (C=O) groups excluding carboxylic acids is 2. The zero-order valence-corrected chi connectivity index (χ0v) is 21.5. The number of para-hydroxylation sites is 2. The summed E-state index contributed by atoms with van der Waals surface area (Å²) in [5.74, 6) is 0.517. The van der Waals surface area contributed by atoms with Crippen molar-refractivity contribution in [2.24, 2.45) is 0 Å². The maximum atomic E-state index is 13.8. The molecule has 2 atom stereocenters. The molecule has 5 rings (SSSR count). The van der Waals surface area contributed by atoms with Crippen LogP contribution in [0, 0.1) is 0 Å². The van der Waals surface area contributed by atoms with E-state index in [1.54, 1.807) is 37.5 Å². The zero-order chi connectivity index (χ0) is 26.5. The highest BCUT2D eigenvalue weighted by Gasteiger charge is 2.38. The second-order valence-corrected chi connectivity index (χ2v) is 9.35. The Labute approximate surface area is 223 Å². The van der Waals surface area contributed by atoms with E-state index in [-0.39, 0.29) is 23.9 Å². The topological polar surface area (TPSA) is 49.9 Å². The number of nitrogens with zero attached hydrogens (tertiary/aromatic N) is 2. The Balaban J connectivity index is 1.53. The molecule has 0 radical (unpaired) electrons. The first-order chi connectivity index (χ1) is 18.6. The molecule has 0 saturated heterocycles. The van der Waals surface area contributed by atoms with E-state index in [0.717, 1.165) is 22.5 Å². The Kier molecular flexibility index (Phi) is 7.36. The van der Waals surface area contributed by atoms with E-state index in [0.29, 0.717) is 17.7 Å². The fourth-order valence-electron chi connectivity index (χ4n) is 5.07. The average Bonchev–Trinajstić information content (AvgIpc) is 2.97. The second kappa shape index (κ2) is 11.2. The van der Waals surface area contributed by atoms with Crippen LogP contribution in [0.3, 0.4) is 0 Å². The minimum Gasteiger partial charge on any atom is -0.497 e. The van der Waals surface area contributed by atoms with Gasteiger partial charge in [-0.15, -0.1) is 0 Å². The summed E-state index contributed by atoms with van der Waals surface area (Å²) in [7, 11) is 1.61. The largest absolute Gasteiger partial charge is 0.497 e. The number of rotatable bonds is 6. The maximum absolute atomic E-state index is 13.8. The van der Waals surface area contributed by atoms with E-state index < -0.39 is 0 Å². The van der Waals surface area contributed by atoms with E-state index in [1.807, 2.05) is 108 Å². The van der Waals surface area contributed by atoms with Gasteiger partial charge in [-0.1, -0.05) is 66.7 Å². The zero-order valence-electron chi connectivity index (χ0n) is 21.5. The van der Waals surface area contributed by atoms with Gasteiger partial charge in [-0.25, -0.2) is 0 Å². The number of carbonyl (C=O) groups is 2. The minimum absolute atomic E-state index is 0.0763. The van der Waals surface area contributed by atoms with Crippen LogP contribution >= 0.6 is 0 Å². The summed E-state index contributed by atoms with van der Waals surface area (Å²) >= 11 is 0. The van der Waals surface area contributed by atoms with Crippen molar-refractivity contribution >= 4 is 29.3 Å². The molecule has 0 aliphatic carbocycles. The fraction of sp³-hybridized carbons (Fsp3) is 0.152. The van der Waals surface area contributed by atoms with Gasteiger partial charge in [-0.3, -0.25) is 9.59 Å². The first-order valence-electron chi connectivity index (χ1n) is 12.7. The lowest BCUT2D eigenvalue weighted by Crippen LogP contribution is -2.47. The SMILES string of the molecule is COc1ccc(C(=O)N2c3ccccc3[C@H](N(C(=O)/C=C/c3ccccc3)c3ccccc3)C[C@H]2C)cc1. The van der Waals surface area contributed by atoms with Crippen LogP contribution in [0.5, 0.6) is 5.75 Å². The first-order valence-corrected chi connectivity index (χ1v) is 12.7. The summed E-state index contributed by atoms with van der Waals surface area (Å²) < 4.78 is 5.26. The Morgan fingerprint density at radius 2 is 1.47 bits per heavy atom. The molecule has 0 saturated carbocycles. The summed E-state index contributed by atoms with van der Waals surface area (Å²) in [5.41, 5.74) is 4.13. The van der Waals surface area contributed by atoms with Crippen molar-refractivity contribution < 1.29 is 14.3 Å². The van der Waals surface area contributed by atoms with Crippen LogP contribution in [0.25, 0.3) is 6.08 Å². The molecule has 38 heavy (non-hydrogen) atoms. The van der Waals surface area contributed by atoms with Gasteiger partial charge in [0.1, 0.15) is 5.75 Å². The molecule has 2 amide bonds. The van der Waals surface area contributed by atoms with Crippen LogP contribution < -0.4 is 14.5 Å². The van der Waals surface area contributed by atoms with Crippen molar-refractivity contribution in [2.75, 3.05) is 16.9 Å².